The van der Waals surface area contributed by atoms with Gasteiger partial charge in [-0.1, -0.05) is 23.0 Å². The number of aromatic nitrogens is 1. The van der Waals surface area contributed by atoms with E-state index in [1.807, 2.05) is 6.07 Å². The molecule has 3 aromatic rings. The predicted molar refractivity (Wildman–Crippen MR) is 152 cm³/mol. The molecule has 1 amide bonds. The van der Waals surface area contributed by atoms with Gasteiger partial charge in [0.1, 0.15) is 17.6 Å². The molecular formula is C28H35N4O8S-. The van der Waals surface area contributed by atoms with Crippen molar-refractivity contribution in [2.75, 3.05) is 53.6 Å². The van der Waals surface area contributed by atoms with E-state index in [0.717, 1.165) is 5.56 Å². The molecule has 0 spiro atoms. The molecule has 13 heteroatoms. The third-order valence-electron chi connectivity index (χ3n) is 6.87. The first kappa shape index (κ1) is 30.6. The summed E-state index contributed by atoms with van der Waals surface area (Å²) in [6.07, 6.45) is 1.07. The Labute approximate surface area is 240 Å². The second kappa shape index (κ2) is 14.5. The van der Waals surface area contributed by atoms with E-state index in [0.29, 0.717) is 54.1 Å². The number of aliphatic hydroxyl groups is 3. The molecule has 0 radical (unpaired) electrons. The van der Waals surface area contributed by atoms with Crippen molar-refractivity contribution >= 4 is 33.4 Å². The standard InChI is InChI=1S/C28H35N4O8S/c1-31(27(36)18-39-26-9-8-24(30-41(37)38-2)28-23(26)7-4-11-29-28)25(15-32-12-10-20(35)14-32)19-5-3-6-21(13-19)40-22(16-33)17-34/h3-9,11,13,20,22,25,33-35H,10,12,14-18H2,1-2H3/q-1/t20-,25?/m0/s1. The molecule has 1 aromatic heterocycles. The summed E-state index contributed by atoms with van der Waals surface area (Å²) in [6, 6.07) is 13.5. The van der Waals surface area contributed by atoms with Crippen LogP contribution in [0.2, 0.25) is 0 Å². The summed E-state index contributed by atoms with van der Waals surface area (Å²) >= 11 is 0. The molecule has 1 saturated heterocycles. The van der Waals surface area contributed by atoms with Gasteiger partial charge in [0, 0.05) is 45.4 Å². The lowest BCUT2D eigenvalue weighted by atomic mass is 10.0. The van der Waals surface area contributed by atoms with Crippen LogP contribution in [0.25, 0.3) is 10.9 Å². The minimum absolute atomic E-state index is 0.257. The summed E-state index contributed by atoms with van der Waals surface area (Å²) in [4.78, 5) is 21.5. The Balaban J connectivity index is 1.55. The minimum atomic E-state index is -1.86. The average Bonchev–Trinajstić information content (AvgIpc) is 3.42. The number of amides is 1. The zero-order valence-corrected chi connectivity index (χ0v) is 23.8. The van der Waals surface area contributed by atoms with Crippen LogP contribution in [-0.4, -0.2) is 102 Å². The molecule has 4 rings (SSSR count). The average molecular weight is 588 g/mol. The van der Waals surface area contributed by atoms with Crippen molar-refractivity contribution in [2.24, 2.45) is 4.36 Å². The minimum Gasteiger partial charge on any atom is -0.486 e. The van der Waals surface area contributed by atoms with Crippen LogP contribution in [0.5, 0.6) is 11.5 Å². The van der Waals surface area contributed by atoms with Crippen molar-refractivity contribution in [1.29, 1.82) is 0 Å². The van der Waals surface area contributed by atoms with Crippen LogP contribution in [0.15, 0.2) is 59.1 Å². The van der Waals surface area contributed by atoms with Crippen LogP contribution in [0, 0.1) is 0 Å². The van der Waals surface area contributed by atoms with Gasteiger partial charge < -0.3 is 42.4 Å². The number of carbonyl (C=O) groups excluding carboxylic acids is 1. The fourth-order valence-corrected chi connectivity index (χ4v) is 5.04. The molecule has 1 fully saturated rings. The quantitative estimate of drug-likeness (QED) is 0.253. The van der Waals surface area contributed by atoms with Crippen molar-refractivity contribution in [2.45, 2.75) is 24.7 Å². The molecule has 0 bridgehead atoms. The zero-order valence-electron chi connectivity index (χ0n) is 23.0. The van der Waals surface area contributed by atoms with E-state index >= 15 is 0 Å². The summed E-state index contributed by atoms with van der Waals surface area (Å²) in [7, 11) is 1.12. The van der Waals surface area contributed by atoms with Crippen molar-refractivity contribution in [1.82, 2.24) is 14.8 Å². The molecule has 1 aliphatic rings. The van der Waals surface area contributed by atoms with Gasteiger partial charge in [0.05, 0.1) is 36.6 Å². The highest BCUT2D eigenvalue weighted by atomic mass is 32.2. The van der Waals surface area contributed by atoms with Crippen LogP contribution >= 0.6 is 0 Å². The predicted octanol–water partition coefficient (Wildman–Crippen LogP) is 1.95. The molecule has 2 atom stereocenters. The van der Waals surface area contributed by atoms with E-state index in [9.17, 15) is 24.3 Å². The summed E-state index contributed by atoms with van der Waals surface area (Å²) in [5.41, 5.74) is 1.62. The third kappa shape index (κ3) is 7.91. The van der Waals surface area contributed by atoms with Gasteiger partial charge in [-0.2, -0.15) is 0 Å². The molecule has 41 heavy (non-hydrogen) atoms. The molecule has 1 unspecified atom stereocenters. The van der Waals surface area contributed by atoms with Crippen LogP contribution in [-0.2, 0) is 24.1 Å². The Hall–Kier alpha value is -3.33. The molecule has 222 valence electrons. The summed E-state index contributed by atoms with van der Waals surface area (Å²) in [5.74, 6) is 0.597. The molecule has 1 aliphatic heterocycles. The molecule has 2 aromatic carbocycles. The van der Waals surface area contributed by atoms with Gasteiger partial charge in [-0.3, -0.25) is 14.7 Å². The number of pyridine rings is 1. The Morgan fingerprint density at radius 3 is 2.73 bits per heavy atom. The number of nitrogens with zero attached hydrogens (tertiary/aromatic N) is 4. The van der Waals surface area contributed by atoms with Gasteiger partial charge in [-0.15, -0.1) is 0 Å². The van der Waals surface area contributed by atoms with E-state index < -0.39 is 29.1 Å². The van der Waals surface area contributed by atoms with Gasteiger partial charge in [0.2, 0.25) is 0 Å². The molecule has 12 nitrogen and oxygen atoms in total. The van der Waals surface area contributed by atoms with Gasteiger partial charge >= 0.3 is 0 Å². The van der Waals surface area contributed by atoms with E-state index in [4.69, 9.17) is 13.7 Å². The maximum atomic E-state index is 13.5. The van der Waals surface area contributed by atoms with Gasteiger partial charge in [0.25, 0.3) is 5.91 Å². The molecule has 0 saturated carbocycles. The Morgan fingerprint density at radius 1 is 1.22 bits per heavy atom. The summed E-state index contributed by atoms with van der Waals surface area (Å²) < 4.78 is 32.2. The molecular weight excluding hydrogens is 552 g/mol. The van der Waals surface area contributed by atoms with Crippen LogP contribution in [0.3, 0.4) is 0 Å². The first-order valence-corrected chi connectivity index (χ1v) is 14.2. The lowest BCUT2D eigenvalue weighted by molar-refractivity contribution is -0.134. The van der Waals surface area contributed by atoms with E-state index in [1.165, 1.54) is 7.11 Å². The fourth-order valence-electron chi connectivity index (χ4n) is 4.66. The molecule has 3 N–H and O–H groups in total. The lowest BCUT2D eigenvalue weighted by Gasteiger charge is -2.32. The van der Waals surface area contributed by atoms with Crippen LogP contribution < -0.4 is 9.47 Å². The number of ether oxygens (including phenoxy) is 2. The first-order valence-electron chi connectivity index (χ1n) is 13.2. The number of aliphatic hydroxyl groups excluding tert-OH is 3. The number of benzene rings is 2. The third-order valence-corrected chi connectivity index (χ3v) is 7.50. The monoisotopic (exact) mass is 587 g/mol. The zero-order chi connectivity index (χ0) is 29.4. The van der Waals surface area contributed by atoms with Crippen LogP contribution in [0.4, 0.5) is 5.69 Å². The highest BCUT2D eigenvalue weighted by molar-refractivity contribution is 7.69. The highest BCUT2D eigenvalue weighted by Crippen LogP contribution is 2.32. The maximum Gasteiger partial charge on any atom is 0.260 e. The van der Waals surface area contributed by atoms with E-state index in [-0.39, 0.29) is 25.7 Å². The smallest absolute Gasteiger partial charge is 0.260 e. The number of likely N-dealkylation sites (tertiary alicyclic amines) is 1. The summed E-state index contributed by atoms with van der Waals surface area (Å²) in [6.45, 7) is 0.754. The van der Waals surface area contributed by atoms with Crippen molar-refractivity contribution in [3.63, 3.8) is 0 Å². The fraction of sp³-hybridized carbons (Fsp3) is 0.429. The Bertz CT molecular complexity index is 1410. The number of likely N-dealkylation sites (N-methyl/N-ethyl adjacent to an activating group) is 1. The first-order chi connectivity index (χ1) is 19.8. The number of rotatable bonds is 13. The lowest BCUT2D eigenvalue weighted by Crippen LogP contribution is -2.41. The molecule has 2 heterocycles. The van der Waals surface area contributed by atoms with Crippen LogP contribution in [0.1, 0.15) is 18.0 Å². The van der Waals surface area contributed by atoms with E-state index in [1.54, 1.807) is 60.6 Å². The second-order valence-corrected chi connectivity index (χ2v) is 10.6. The largest absolute Gasteiger partial charge is 0.486 e. The van der Waals surface area contributed by atoms with Crippen molar-refractivity contribution < 1.29 is 38.0 Å². The number of fused-ring (bicyclic) bond motifs is 1. The van der Waals surface area contributed by atoms with Gasteiger partial charge in [0.15, 0.2) is 6.61 Å². The van der Waals surface area contributed by atoms with Gasteiger partial charge in [-0.25, -0.2) is 0 Å². The Kier molecular flexibility index (Phi) is 10.9. The highest BCUT2D eigenvalue weighted by Gasteiger charge is 2.29. The van der Waals surface area contributed by atoms with Gasteiger partial charge in [-0.05, 0) is 48.4 Å². The number of carbonyl (C=O) groups is 1. The second-order valence-electron chi connectivity index (χ2n) is 9.65. The normalized spacial score (nSPS) is 17.2. The topological polar surface area (TPSA) is 154 Å². The molecule has 0 aliphatic carbocycles. The Morgan fingerprint density at radius 2 is 2.02 bits per heavy atom. The van der Waals surface area contributed by atoms with Crippen molar-refractivity contribution in [3.8, 4) is 11.5 Å². The number of hydrogen-bond donors (Lipinski definition) is 3. The number of β-amino-alcohol motifs (C(OH)–C–C–N with tert-alkyl or cyclic N) is 1. The number of hydrogen-bond acceptors (Lipinski definition) is 12. The van der Waals surface area contributed by atoms with E-state index in [2.05, 4.69) is 14.2 Å². The maximum absolute atomic E-state index is 13.5. The summed E-state index contributed by atoms with van der Waals surface area (Å²) in [5, 5.41) is 29.5. The SMILES string of the molecule is CO[S-](=O)=Nc1ccc(OCC(=O)N(C)C(CN2CC[C@H](O)C2)c2cccc(OC(CO)CO)c2)c2cccnc12. The van der Waals surface area contributed by atoms with Crippen molar-refractivity contribution in [3.05, 3.63) is 60.3 Å².